The molecular weight excluding hydrogens is 316 g/mol. The van der Waals surface area contributed by atoms with Crippen LogP contribution in [-0.4, -0.2) is 41.6 Å². The van der Waals surface area contributed by atoms with Crippen LogP contribution in [0.5, 0.6) is 0 Å². The van der Waals surface area contributed by atoms with Crippen LogP contribution in [-0.2, 0) is 4.74 Å². The van der Waals surface area contributed by atoms with Crippen LogP contribution in [0.2, 0.25) is 5.02 Å². The van der Waals surface area contributed by atoms with Gasteiger partial charge in [-0.1, -0.05) is 17.7 Å². The Morgan fingerprint density at radius 1 is 1.35 bits per heavy atom. The van der Waals surface area contributed by atoms with E-state index in [-0.39, 0.29) is 24.0 Å². The van der Waals surface area contributed by atoms with Crippen molar-refractivity contribution in [3.63, 3.8) is 0 Å². The fourth-order valence-electron chi connectivity index (χ4n) is 3.36. The van der Waals surface area contributed by atoms with E-state index in [2.05, 4.69) is 5.32 Å². The van der Waals surface area contributed by atoms with Gasteiger partial charge >= 0.3 is 6.09 Å². The Morgan fingerprint density at radius 2 is 2.04 bits per heavy atom. The summed E-state index contributed by atoms with van der Waals surface area (Å²) in [5, 5.41) is 3.43. The maximum Gasteiger partial charge on any atom is 0.410 e. The summed E-state index contributed by atoms with van der Waals surface area (Å²) in [6.07, 6.45) is -0.345. The van der Waals surface area contributed by atoms with Gasteiger partial charge in [-0.3, -0.25) is 4.79 Å². The van der Waals surface area contributed by atoms with Crippen LogP contribution in [0.4, 0.5) is 4.79 Å². The number of fused-ring (bicyclic) bond motifs is 3. The van der Waals surface area contributed by atoms with Gasteiger partial charge in [0.1, 0.15) is 5.60 Å². The van der Waals surface area contributed by atoms with Gasteiger partial charge in [0.15, 0.2) is 0 Å². The molecule has 2 aliphatic rings. The van der Waals surface area contributed by atoms with Crippen molar-refractivity contribution in [2.24, 2.45) is 0 Å². The van der Waals surface area contributed by atoms with E-state index < -0.39 is 5.60 Å². The zero-order chi connectivity index (χ0) is 16.9. The maximum absolute atomic E-state index is 12.4. The Bertz CT molecular complexity index is 681. The lowest BCUT2D eigenvalue weighted by molar-refractivity contribution is 0.0288. The average molecular weight is 337 g/mol. The van der Waals surface area contributed by atoms with E-state index in [0.29, 0.717) is 23.7 Å². The molecule has 5 nitrogen and oxygen atoms in total. The van der Waals surface area contributed by atoms with Crippen LogP contribution in [0.1, 0.15) is 48.2 Å². The third-order valence-corrected chi connectivity index (χ3v) is 4.61. The molecule has 0 aliphatic carbocycles. The van der Waals surface area contributed by atoms with Crippen molar-refractivity contribution in [1.29, 1.82) is 0 Å². The van der Waals surface area contributed by atoms with Gasteiger partial charge in [-0.15, -0.1) is 0 Å². The Kier molecular flexibility index (Phi) is 3.79. The minimum atomic E-state index is -0.536. The van der Waals surface area contributed by atoms with Crippen molar-refractivity contribution in [3.05, 3.63) is 33.8 Å². The van der Waals surface area contributed by atoms with Crippen LogP contribution in [0.15, 0.2) is 12.1 Å². The van der Waals surface area contributed by atoms with E-state index in [9.17, 15) is 9.59 Å². The second kappa shape index (κ2) is 5.41. The van der Waals surface area contributed by atoms with E-state index in [4.69, 9.17) is 16.3 Å². The number of likely N-dealkylation sites (tertiary alicyclic amines) is 1. The normalized spacial score (nSPS) is 23.2. The first-order chi connectivity index (χ1) is 10.7. The van der Waals surface area contributed by atoms with Gasteiger partial charge < -0.3 is 15.0 Å². The predicted molar refractivity (Wildman–Crippen MR) is 88.0 cm³/mol. The van der Waals surface area contributed by atoms with Gasteiger partial charge in [-0.2, -0.15) is 0 Å². The highest BCUT2D eigenvalue weighted by Gasteiger charge is 2.44. The number of rotatable bonds is 0. The molecule has 2 aliphatic heterocycles. The zero-order valence-electron chi connectivity index (χ0n) is 13.8. The fourth-order valence-corrected chi connectivity index (χ4v) is 3.62. The lowest BCUT2D eigenvalue weighted by Crippen LogP contribution is -2.45. The molecule has 0 aromatic heterocycles. The molecule has 1 aromatic carbocycles. The maximum atomic E-state index is 12.4. The van der Waals surface area contributed by atoms with Gasteiger partial charge in [0.25, 0.3) is 5.91 Å². The number of amides is 2. The van der Waals surface area contributed by atoms with E-state index in [0.717, 1.165) is 11.1 Å². The SMILES string of the molecule is Cc1ccc(Cl)c2c1[C@H]1CN(C(=O)OC(C)(C)C)C[C@@H]1NC2=O. The number of nitrogens with one attached hydrogen (secondary N) is 1. The molecule has 0 spiro atoms. The second-order valence-corrected chi connectivity index (χ2v) is 7.63. The van der Waals surface area contributed by atoms with E-state index in [1.54, 1.807) is 11.0 Å². The molecule has 0 radical (unpaired) electrons. The largest absolute Gasteiger partial charge is 0.444 e. The van der Waals surface area contributed by atoms with E-state index >= 15 is 0 Å². The van der Waals surface area contributed by atoms with Gasteiger partial charge in [0.2, 0.25) is 0 Å². The summed E-state index contributed by atoms with van der Waals surface area (Å²) in [6.45, 7) is 8.48. The number of hydrogen-bond donors (Lipinski definition) is 1. The molecule has 124 valence electrons. The summed E-state index contributed by atoms with van der Waals surface area (Å²) in [5.74, 6) is -0.116. The second-order valence-electron chi connectivity index (χ2n) is 7.22. The van der Waals surface area contributed by atoms with Crippen LogP contribution in [0.25, 0.3) is 0 Å². The molecule has 23 heavy (non-hydrogen) atoms. The zero-order valence-corrected chi connectivity index (χ0v) is 14.5. The smallest absolute Gasteiger partial charge is 0.410 e. The number of carbonyl (C=O) groups is 2. The molecule has 0 saturated carbocycles. The Hall–Kier alpha value is -1.75. The summed E-state index contributed by atoms with van der Waals surface area (Å²) in [6, 6.07) is 3.57. The molecule has 0 bridgehead atoms. The number of benzene rings is 1. The van der Waals surface area contributed by atoms with E-state index in [1.807, 2.05) is 33.8 Å². The van der Waals surface area contributed by atoms with Crippen molar-refractivity contribution in [1.82, 2.24) is 10.2 Å². The lowest BCUT2D eigenvalue weighted by Gasteiger charge is -2.29. The lowest BCUT2D eigenvalue weighted by atomic mass is 9.83. The first kappa shape index (κ1) is 16.1. The molecule has 1 fully saturated rings. The summed E-state index contributed by atoms with van der Waals surface area (Å²) < 4.78 is 5.44. The highest BCUT2D eigenvalue weighted by Crippen LogP contribution is 2.38. The van der Waals surface area contributed by atoms with Crippen LogP contribution >= 0.6 is 11.6 Å². The number of aryl methyl sites for hydroxylation is 1. The number of halogens is 1. The molecule has 3 rings (SSSR count). The average Bonchev–Trinajstić information content (AvgIpc) is 2.84. The van der Waals surface area contributed by atoms with Gasteiger partial charge in [0.05, 0.1) is 16.6 Å². The highest BCUT2D eigenvalue weighted by molar-refractivity contribution is 6.34. The number of ether oxygens (including phenoxy) is 1. The number of carbonyl (C=O) groups excluding carboxylic acids is 2. The first-order valence-corrected chi connectivity index (χ1v) is 8.13. The molecule has 1 saturated heterocycles. The highest BCUT2D eigenvalue weighted by atomic mass is 35.5. The topological polar surface area (TPSA) is 58.6 Å². The third-order valence-electron chi connectivity index (χ3n) is 4.30. The van der Waals surface area contributed by atoms with Gasteiger partial charge in [0, 0.05) is 19.0 Å². The molecule has 1 aromatic rings. The molecule has 1 N–H and O–H groups in total. The molecule has 2 heterocycles. The summed E-state index contributed by atoms with van der Waals surface area (Å²) in [7, 11) is 0. The van der Waals surface area contributed by atoms with Crippen LogP contribution in [0, 0.1) is 6.92 Å². The predicted octanol–water partition coefficient (Wildman–Crippen LogP) is 3.09. The van der Waals surface area contributed by atoms with Crippen molar-refractivity contribution in [3.8, 4) is 0 Å². The van der Waals surface area contributed by atoms with Crippen molar-refractivity contribution >= 4 is 23.6 Å². The molecular formula is C17H21ClN2O3. The monoisotopic (exact) mass is 336 g/mol. The standard InChI is InChI=1S/C17H21ClN2O3/c1-9-5-6-11(18)14-13(9)10-7-20(8-12(10)19-15(14)21)16(22)23-17(2,3)4/h5-6,10,12H,7-8H2,1-4H3,(H,19,21)/t10-,12-/m0/s1. The Balaban J connectivity index is 1.91. The Morgan fingerprint density at radius 3 is 2.70 bits per heavy atom. The van der Waals surface area contributed by atoms with Gasteiger partial charge in [-0.25, -0.2) is 4.79 Å². The van der Waals surface area contributed by atoms with Crippen molar-refractivity contribution in [2.45, 2.75) is 45.3 Å². The molecule has 2 amide bonds. The van der Waals surface area contributed by atoms with Crippen LogP contribution in [0.3, 0.4) is 0 Å². The van der Waals surface area contributed by atoms with Crippen molar-refractivity contribution < 1.29 is 14.3 Å². The minimum absolute atomic E-state index is 0.0499. The number of nitrogens with zero attached hydrogens (tertiary/aromatic N) is 1. The van der Waals surface area contributed by atoms with Crippen molar-refractivity contribution in [2.75, 3.05) is 13.1 Å². The minimum Gasteiger partial charge on any atom is -0.444 e. The van der Waals surface area contributed by atoms with E-state index in [1.165, 1.54) is 0 Å². The summed E-state index contributed by atoms with van der Waals surface area (Å²) in [4.78, 5) is 26.4. The fraction of sp³-hybridized carbons (Fsp3) is 0.529. The molecule has 2 atom stereocenters. The Labute approximate surface area is 140 Å². The number of hydrogen-bond acceptors (Lipinski definition) is 3. The first-order valence-electron chi connectivity index (χ1n) is 7.75. The molecule has 0 unspecified atom stereocenters. The summed E-state index contributed by atoms with van der Waals surface area (Å²) >= 11 is 6.22. The van der Waals surface area contributed by atoms with Crippen LogP contribution < -0.4 is 5.32 Å². The third kappa shape index (κ3) is 2.90. The quantitative estimate of drug-likeness (QED) is 0.792. The summed E-state index contributed by atoms with van der Waals surface area (Å²) in [5.41, 5.74) is 1.99. The molecule has 6 heteroatoms. The van der Waals surface area contributed by atoms with Gasteiger partial charge in [-0.05, 0) is 44.9 Å².